The van der Waals surface area contributed by atoms with E-state index in [0.717, 1.165) is 11.4 Å². The highest BCUT2D eigenvalue weighted by atomic mass is 16.5. The monoisotopic (exact) mass is 387 g/mol. The molecule has 28 heavy (non-hydrogen) atoms. The molecule has 1 heterocycles. The Labute approximate surface area is 163 Å². The van der Waals surface area contributed by atoms with Crippen LogP contribution in [0.1, 0.15) is 42.0 Å². The van der Waals surface area contributed by atoms with Gasteiger partial charge in [0.05, 0.1) is 35.1 Å². The Balaban J connectivity index is 2.02. The number of fused-ring (bicyclic) bond motifs is 1. The average molecular weight is 387 g/mol. The summed E-state index contributed by atoms with van der Waals surface area (Å²) < 4.78 is 9.78. The third-order valence-electron chi connectivity index (χ3n) is 4.63. The molecule has 2 atom stereocenters. The molecule has 0 bridgehead atoms. The number of carbonyl (C=O) groups is 3. The fourth-order valence-corrected chi connectivity index (χ4v) is 2.58. The van der Waals surface area contributed by atoms with E-state index in [0.29, 0.717) is 17.5 Å². The number of aryl methyl sites for hydroxylation is 2. The lowest BCUT2D eigenvalue weighted by molar-refractivity contribution is -0.147. The van der Waals surface area contributed by atoms with Gasteiger partial charge in [-0.25, -0.2) is 19.6 Å². The summed E-state index contributed by atoms with van der Waals surface area (Å²) in [6, 6.07) is 4.04. The molecule has 0 spiro atoms. The third-order valence-corrected chi connectivity index (χ3v) is 4.63. The van der Waals surface area contributed by atoms with Crippen molar-refractivity contribution in [1.29, 1.82) is 0 Å². The van der Waals surface area contributed by atoms with Crippen molar-refractivity contribution in [2.45, 2.75) is 40.2 Å². The van der Waals surface area contributed by atoms with E-state index in [9.17, 15) is 14.4 Å². The maximum atomic E-state index is 12.3. The zero-order valence-corrected chi connectivity index (χ0v) is 16.7. The molecule has 0 aliphatic carbocycles. The number of nitrogens with one attached hydrogen (secondary N) is 1. The zero-order valence-electron chi connectivity index (χ0n) is 16.7. The van der Waals surface area contributed by atoms with Crippen molar-refractivity contribution >= 4 is 28.9 Å². The lowest BCUT2D eigenvalue weighted by Gasteiger charge is -2.21. The van der Waals surface area contributed by atoms with Crippen LogP contribution in [0.4, 0.5) is 0 Å². The molecule has 0 saturated heterocycles. The molecule has 8 heteroatoms. The second kappa shape index (κ2) is 9.25. The fourth-order valence-electron chi connectivity index (χ4n) is 2.58. The molecule has 0 radical (unpaired) electrons. The highest BCUT2D eigenvalue weighted by Crippen LogP contribution is 2.15. The number of carbonyl (C=O) groups excluding carboxylic acids is 3. The van der Waals surface area contributed by atoms with Crippen LogP contribution in [0.15, 0.2) is 18.2 Å². The number of aromatic nitrogens is 2. The maximum absolute atomic E-state index is 12.3. The van der Waals surface area contributed by atoms with Crippen LogP contribution in [-0.4, -0.2) is 47.6 Å². The Hall–Kier alpha value is -3.03. The molecule has 1 aromatic carbocycles. The summed E-state index contributed by atoms with van der Waals surface area (Å²) in [5.74, 6) is -1.88. The number of benzene rings is 1. The Kier molecular flexibility index (Phi) is 7.03. The van der Waals surface area contributed by atoms with Crippen LogP contribution in [-0.2, 0) is 19.1 Å². The van der Waals surface area contributed by atoms with E-state index in [1.807, 2.05) is 27.7 Å². The van der Waals surface area contributed by atoms with Crippen LogP contribution >= 0.6 is 0 Å². The summed E-state index contributed by atoms with van der Waals surface area (Å²) in [5, 5.41) is 2.56. The number of hydrogen-bond acceptors (Lipinski definition) is 7. The minimum Gasteiger partial charge on any atom is -0.467 e. The first-order valence-electron chi connectivity index (χ1n) is 9.06. The van der Waals surface area contributed by atoms with Gasteiger partial charge in [-0.15, -0.1) is 0 Å². The van der Waals surface area contributed by atoms with Gasteiger partial charge in [0.1, 0.15) is 6.04 Å². The fraction of sp³-hybridized carbons (Fsp3) is 0.450. The van der Waals surface area contributed by atoms with E-state index in [4.69, 9.17) is 9.47 Å². The number of methoxy groups -OCH3 is 1. The van der Waals surface area contributed by atoms with E-state index < -0.39 is 30.5 Å². The first-order valence-corrected chi connectivity index (χ1v) is 9.06. The van der Waals surface area contributed by atoms with Gasteiger partial charge in [-0.05, 0) is 38.0 Å². The van der Waals surface area contributed by atoms with E-state index in [2.05, 4.69) is 15.3 Å². The minimum atomic E-state index is -0.789. The van der Waals surface area contributed by atoms with Crippen molar-refractivity contribution in [3.8, 4) is 0 Å². The van der Waals surface area contributed by atoms with E-state index >= 15 is 0 Å². The van der Waals surface area contributed by atoms with Gasteiger partial charge >= 0.3 is 11.9 Å². The normalized spacial score (nSPS) is 12.9. The standard InChI is InChI=1S/C20H25N3O5/c1-6-11(2)18(20(26)27-5)23-17(24)10-28-19(25)14-7-8-15-16(9-14)22-13(4)12(3)21-15/h7-9,11,18H,6,10H2,1-5H3,(H,23,24). The Bertz CT molecular complexity index is 897. The molecular weight excluding hydrogens is 362 g/mol. The summed E-state index contributed by atoms with van der Waals surface area (Å²) in [6.45, 7) is 6.93. The SMILES string of the molecule is CCC(C)C(NC(=O)COC(=O)c1ccc2nc(C)c(C)nc2c1)C(=O)OC. The van der Waals surface area contributed by atoms with Crippen LogP contribution < -0.4 is 5.32 Å². The molecule has 0 saturated carbocycles. The molecular formula is C20H25N3O5. The highest BCUT2D eigenvalue weighted by Gasteiger charge is 2.27. The number of esters is 2. The number of rotatable bonds is 7. The van der Waals surface area contributed by atoms with Gasteiger partial charge in [0.25, 0.3) is 5.91 Å². The molecule has 0 aliphatic rings. The van der Waals surface area contributed by atoms with Gasteiger partial charge < -0.3 is 14.8 Å². The summed E-state index contributed by atoms with van der Waals surface area (Å²) >= 11 is 0. The van der Waals surface area contributed by atoms with Crippen LogP contribution in [0, 0.1) is 19.8 Å². The average Bonchev–Trinajstić information content (AvgIpc) is 2.69. The predicted octanol–water partition coefficient (Wildman–Crippen LogP) is 2.11. The molecule has 150 valence electrons. The second-order valence-electron chi connectivity index (χ2n) is 6.63. The number of hydrogen-bond donors (Lipinski definition) is 1. The van der Waals surface area contributed by atoms with Crippen molar-refractivity contribution < 1.29 is 23.9 Å². The molecule has 2 unspecified atom stereocenters. The predicted molar refractivity (Wildman–Crippen MR) is 103 cm³/mol. The van der Waals surface area contributed by atoms with E-state index in [1.54, 1.807) is 18.2 Å². The molecule has 2 rings (SSSR count). The van der Waals surface area contributed by atoms with E-state index in [1.165, 1.54) is 7.11 Å². The van der Waals surface area contributed by atoms with Crippen molar-refractivity contribution in [2.75, 3.05) is 13.7 Å². The number of nitrogens with zero attached hydrogens (tertiary/aromatic N) is 2. The first-order chi connectivity index (χ1) is 13.3. The van der Waals surface area contributed by atoms with Crippen LogP contribution in [0.5, 0.6) is 0 Å². The van der Waals surface area contributed by atoms with Gasteiger partial charge in [-0.3, -0.25) is 4.79 Å². The first kappa shape index (κ1) is 21.3. The third kappa shape index (κ3) is 5.03. The zero-order chi connectivity index (χ0) is 20.8. The number of amides is 1. The van der Waals surface area contributed by atoms with Gasteiger partial charge in [0, 0.05) is 0 Å². The summed E-state index contributed by atoms with van der Waals surface area (Å²) in [6.07, 6.45) is 0.677. The van der Waals surface area contributed by atoms with Crippen LogP contribution in [0.25, 0.3) is 11.0 Å². The smallest absolute Gasteiger partial charge is 0.338 e. The van der Waals surface area contributed by atoms with Gasteiger partial charge in [-0.1, -0.05) is 20.3 Å². The van der Waals surface area contributed by atoms with Crippen molar-refractivity contribution in [1.82, 2.24) is 15.3 Å². The molecule has 8 nitrogen and oxygen atoms in total. The Morgan fingerprint density at radius 3 is 2.36 bits per heavy atom. The quantitative estimate of drug-likeness (QED) is 0.725. The number of ether oxygens (including phenoxy) is 2. The summed E-state index contributed by atoms with van der Waals surface area (Å²) in [5.41, 5.74) is 3.11. The van der Waals surface area contributed by atoms with Gasteiger partial charge in [0.2, 0.25) is 0 Å². The molecule has 1 aromatic heterocycles. The molecule has 2 aromatic rings. The van der Waals surface area contributed by atoms with Crippen LogP contribution in [0.3, 0.4) is 0 Å². The Morgan fingerprint density at radius 2 is 1.75 bits per heavy atom. The topological polar surface area (TPSA) is 107 Å². The van der Waals surface area contributed by atoms with Crippen LogP contribution in [0.2, 0.25) is 0 Å². The molecule has 0 fully saturated rings. The second-order valence-corrected chi connectivity index (χ2v) is 6.63. The van der Waals surface area contributed by atoms with Gasteiger partial charge in [0.15, 0.2) is 6.61 Å². The van der Waals surface area contributed by atoms with Crippen molar-refractivity contribution in [2.24, 2.45) is 5.92 Å². The molecule has 1 N–H and O–H groups in total. The summed E-state index contributed by atoms with van der Waals surface area (Å²) in [4.78, 5) is 45.0. The molecule has 0 aliphatic heterocycles. The van der Waals surface area contributed by atoms with Crippen molar-refractivity contribution in [3.05, 3.63) is 35.2 Å². The van der Waals surface area contributed by atoms with E-state index in [-0.39, 0.29) is 11.5 Å². The Morgan fingerprint density at radius 1 is 1.11 bits per heavy atom. The largest absolute Gasteiger partial charge is 0.467 e. The van der Waals surface area contributed by atoms with Gasteiger partial charge in [-0.2, -0.15) is 0 Å². The minimum absolute atomic E-state index is 0.113. The maximum Gasteiger partial charge on any atom is 0.338 e. The van der Waals surface area contributed by atoms with Crippen molar-refractivity contribution in [3.63, 3.8) is 0 Å². The highest BCUT2D eigenvalue weighted by molar-refractivity contribution is 5.95. The molecule has 1 amide bonds. The summed E-state index contributed by atoms with van der Waals surface area (Å²) in [7, 11) is 1.26. The lowest BCUT2D eigenvalue weighted by atomic mass is 9.99. The lowest BCUT2D eigenvalue weighted by Crippen LogP contribution is -2.47.